The highest BCUT2D eigenvalue weighted by Gasteiger charge is 2.03. The van der Waals surface area contributed by atoms with E-state index in [1.54, 1.807) is 37.5 Å². The summed E-state index contributed by atoms with van der Waals surface area (Å²) in [5, 5.41) is 24.9. The fourth-order valence-electron chi connectivity index (χ4n) is 1.97. The third-order valence-corrected chi connectivity index (χ3v) is 3.37. The maximum absolute atomic E-state index is 11.7. The highest BCUT2D eigenvalue weighted by Crippen LogP contribution is 2.20. The fourth-order valence-corrected chi connectivity index (χ4v) is 1.97. The standard InChI is InChI=1S/C19H19N3O5/c1-27-16-7-2-13(3-8-16)4-9-18(25)20-12-19(26)22-21-11-14-5-6-15(23)10-17(14)24/h2-11,23-24H,12H2,1H3,(H,20,25)(H,22,26)/b9-4+,21-11+. The average molecular weight is 369 g/mol. The number of carbonyl (C=O) groups excluding carboxylic acids is 2. The van der Waals surface area contributed by atoms with Gasteiger partial charge in [0.2, 0.25) is 5.91 Å². The average Bonchev–Trinajstić information content (AvgIpc) is 2.67. The topological polar surface area (TPSA) is 120 Å². The predicted molar refractivity (Wildman–Crippen MR) is 101 cm³/mol. The maximum atomic E-state index is 11.7. The molecule has 0 fully saturated rings. The Morgan fingerprint density at radius 3 is 2.56 bits per heavy atom. The smallest absolute Gasteiger partial charge is 0.259 e. The summed E-state index contributed by atoms with van der Waals surface area (Å²) in [4.78, 5) is 23.4. The molecule has 0 aliphatic carbocycles. The molecule has 2 aromatic carbocycles. The van der Waals surface area contributed by atoms with Crippen molar-refractivity contribution >= 4 is 24.1 Å². The number of nitrogens with one attached hydrogen (secondary N) is 2. The van der Waals surface area contributed by atoms with Crippen molar-refractivity contribution in [2.75, 3.05) is 13.7 Å². The molecule has 4 N–H and O–H groups in total. The minimum absolute atomic E-state index is 0.0842. The lowest BCUT2D eigenvalue weighted by molar-refractivity contribution is -0.123. The van der Waals surface area contributed by atoms with Gasteiger partial charge in [-0.15, -0.1) is 0 Å². The number of nitrogens with zero attached hydrogens (tertiary/aromatic N) is 1. The molecule has 0 saturated carbocycles. The molecular formula is C19H19N3O5. The lowest BCUT2D eigenvalue weighted by Crippen LogP contribution is -2.34. The van der Waals surface area contributed by atoms with Gasteiger partial charge in [0, 0.05) is 17.7 Å². The second-order valence-corrected chi connectivity index (χ2v) is 5.36. The minimum atomic E-state index is -0.532. The maximum Gasteiger partial charge on any atom is 0.259 e. The first kappa shape index (κ1) is 19.5. The van der Waals surface area contributed by atoms with Crippen molar-refractivity contribution in [1.29, 1.82) is 0 Å². The summed E-state index contributed by atoms with van der Waals surface area (Å²) in [5.74, 6) is -0.504. The van der Waals surface area contributed by atoms with Gasteiger partial charge in [0.25, 0.3) is 5.91 Å². The van der Waals surface area contributed by atoms with Crippen LogP contribution >= 0.6 is 0 Å². The molecule has 0 spiro atoms. The molecule has 8 heteroatoms. The molecule has 0 unspecified atom stereocenters. The van der Waals surface area contributed by atoms with Gasteiger partial charge in [-0.25, -0.2) is 5.43 Å². The SMILES string of the molecule is COc1ccc(/C=C/C(=O)NCC(=O)N/N=C/c2ccc(O)cc2O)cc1. The molecule has 0 aliphatic heterocycles. The van der Waals surface area contributed by atoms with Crippen LogP contribution in [0, 0.1) is 0 Å². The van der Waals surface area contributed by atoms with E-state index >= 15 is 0 Å². The van der Waals surface area contributed by atoms with Crippen LogP contribution < -0.4 is 15.5 Å². The number of hydrogen-bond donors (Lipinski definition) is 4. The zero-order valence-corrected chi connectivity index (χ0v) is 14.5. The summed E-state index contributed by atoms with van der Waals surface area (Å²) in [6.45, 7) is -0.259. The van der Waals surface area contributed by atoms with Crippen LogP contribution in [-0.2, 0) is 9.59 Å². The molecule has 0 aromatic heterocycles. The number of rotatable bonds is 7. The van der Waals surface area contributed by atoms with E-state index in [0.717, 1.165) is 17.4 Å². The third kappa shape index (κ3) is 6.54. The van der Waals surface area contributed by atoms with Gasteiger partial charge in [-0.1, -0.05) is 12.1 Å². The van der Waals surface area contributed by atoms with Crippen molar-refractivity contribution < 1.29 is 24.5 Å². The van der Waals surface area contributed by atoms with Gasteiger partial charge < -0.3 is 20.3 Å². The Bertz CT molecular complexity index is 860. The van der Waals surface area contributed by atoms with Crippen molar-refractivity contribution in [3.63, 3.8) is 0 Å². The summed E-state index contributed by atoms with van der Waals surface area (Å²) in [6, 6.07) is 11.1. The van der Waals surface area contributed by atoms with Crippen molar-refractivity contribution in [3.05, 3.63) is 59.7 Å². The number of carbonyl (C=O) groups is 2. The number of hydrogen-bond acceptors (Lipinski definition) is 6. The molecule has 0 aliphatic rings. The van der Waals surface area contributed by atoms with Crippen LogP contribution in [0.3, 0.4) is 0 Å². The van der Waals surface area contributed by atoms with E-state index in [0.29, 0.717) is 5.56 Å². The van der Waals surface area contributed by atoms with Crippen LogP contribution in [-0.4, -0.2) is 41.9 Å². The van der Waals surface area contributed by atoms with Crippen LogP contribution in [0.2, 0.25) is 0 Å². The summed E-state index contributed by atoms with van der Waals surface area (Å²) < 4.78 is 5.05. The van der Waals surface area contributed by atoms with Crippen LogP contribution in [0.25, 0.3) is 6.08 Å². The number of hydrazone groups is 1. The lowest BCUT2D eigenvalue weighted by atomic mass is 10.2. The molecule has 2 aromatic rings. The highest BCUT2D eigenvalue weighted by molar-refractivity contribution is 5.94. The van der Waals surface area contributed by atoms with E-state index in [9.17, 15) is 19.8 Å². The first-order chi connectivity index (χ1) is 13.0. The van der Waals surface area contributed by atoms with Crippen molar-refractivity contribution in [2.45, 2.75) is 0 Å². The Morgan fingerprint density at radius 2 is 1.89 bits per heavy atom. The first-order valence-electron chi connectivity index (χ1n) is 7.92. The quantitative estimate of drug-likeness (QED) is 0.334. The van der Waals surface area contributed by atoms with E-state index in [-0.39, 0.29) is 18.0 Å². The second-order valence-electron chi connectivity index (χ2n) is 5.36. The Morgan fingerprint density at radius 1 is 1.15 bits per heavy atom. The number of aromatic hydroxyl groups is 2. The van der Waals surface area contributed by atoms with E-state index in [2.05, 4.69) is 15.8 Å². The molecule has 2 rings (SSSR count). The van der Waals surface area contributed by atoms with Crippen LogP contribution in [0.5, 0.6) is 17.2 Å². The number of methoxy groups -OCH3 is 1. The molecule has 27 heavy (non-hydrogen) atoms. The van der Waals surface area contributed by atoms with E-state index in [1.165, 1.54) is 24.4 Å². The summed E-state index contributed by atoms with van der Waals surface area (Å²) in [7, 11) is 1.57. The molecule has 0 heterocycles. The van der Waals surface area contributed by atoms with Gasteiger partial charge >= 0.3 is 0 Å². The molecule has 0 radical (unpaired) electrons. The van der Waals surface area contributed by atoms with Gasteiger partial charge in [-0.2, -0.15) is 5.10 Å². The third-order valence-electron chi connectivity index (χ3n) is 3.37. The monoisotopic (exact) mass is 369 g/mol. The molecule has 2 amide bonds. The number of phenols is 2. The number of benzene rings is 2. The highest BCUT2D eigenvalue weighted by atomic mass is 16.5. The molecule has 0 atom stereocenters. The predicted octanol–water partition coefficient (Wildman–Crippen LogP) is 1.39. The Labute approximate surface area is 155 Å². The van der Waals surface area contributed by atoms with Gasteiger partial charge in [0.05, 0.1) is 19.9 Å². The van der Waals surface area contributed by atoms with Crippen molar-refractivity contribution in [2.24, 2.45) is 5.10 Å². The van der Waals surface area contributed by atoms with Crippen molar-refractivity contribution in [1.82, 2.24) is 10.7 Å². The first-order valence-corrected chi connectivity index (χ1v) is 7.92. The van der Waals surface area contributed by atoms with Gasteiger partial charge in [0.15, 0.2) is 0 Å². The fraction of sp³-hybridized carbons (Fsp3) is 0.105. The molecule has 0 saturated heterocycles. The number of ether oxygens (including phenoxy) is 1. The lowest BCUT2D eigenvalue weighted by Gasteiger charge is -2.02. The Kier molecular flexibility index (Phi) is 6.95. The zero-order valence-electron chi connectivity index (χ0n) is 14.5. The number of phenolic OH excluding ortho intramolecular Hbond substituents is 2. The van der Waals surface area contributed by atoms with Gasteiger partial charge in [0.1, 0.15) is 17.2 Å². The van der Waals surface area contributed by atoms with E-state index < -0.39 is 11.8 Å². The van der Waals surface area contributed by atoms with Gasteiger partial charge in [-0.3, -0.25) is 9.59 Å². The van der Waals surface area contributed by atoms with Crippen LogP contribution in [0.4, 0.5) is 0 Å². The molecule has 140 valence electrons. The van der Waals surface area contributed by atoms with Crippen molar-refractivity contribution in [3.8, 4) is 17.2 Å². The Hall–Kier alpha value is -3.81. The minimum Gasteiger partial charge on any atom is -0.508 e. The summed E-state index contributed by atoms with van der Waals surface area (Å²) >= 11 is 0. The largest absolute Gasteiger partial charge is 0.508 e. The Balaban J connectivity index is 1.76. The van der Waals surface area contributed by atoms with Crippen LogP contribution in [0.15, 0.2) is 53.6 Å². The van der Waals surface area contributed by atoms with E-state index in [1.807, 2.05) is 0 Å². The summed E-state index contributed by atoms with van der Waals surface area (Å²) in [6.07, 6.45) is 4.14. The summed E-state index contributed by atoms with van der Waals surface area (Å²) in [5.41, 5.74) is 3.35. The molecular weight excluding hydrogens is 350 g/mol. The normalized spacial score (nSPS) is 10.9. The van der Waals surface area contributed by atoms with E-state index in [4.69, 9.17) is 4.74 Å². The van der Waals surface area contributed by atoms with Crippen LogP contribution in [0.1, 0.15) is 11.1 Å². The van der Waals surface area contributed by atoms with Gasteiger partial charge in [-0.05, 0) is 35.9 Å². The molecule has 0 bridgehead atoms. The zero-order chi connectivity index (χ0) is 19.6. The second kappa shape index (κ2) is 9.62. The number of amides is 2. The molecule has 8 nitrogen and oxygen atoms in total.